The highest BCUT2D eigenvalue weighted by atomic mass is 16.4. The number of nitrogens with one attached hydrogen (secondary N) is 1. The lowest BCUT2D eigenvalue weighted by molar-refractivity contribution is -0.145. The summed E-state index contributed by atoms with van der Waals surface area (Å²) in [6, 6.07) is 11.0. The first-order valence-corrected chi connectivity index (χ1v) is 7.64. The van der Waals surface area contributed by atoms with Crippen LogP contribution in [0.4, 0.5) is 0 Å². The van der Waals surface area contributed by atoms with Gasteiger partial charge >= 0.3 is 5.97 Å². The van der Waals surface area contributed by atoms with Crippen LogP contribution < -0.4 is 10.9 Å². The van der Waals surface area contributed by atoms with Crippen molar-refractivity contribution >= 4 is 11.9 Å². The first-order valence-electron chi connectivity index (χ1n) is 7.64. The van der Waals surface area contributed by atoms with Gasteiger partial charge in [0.15, 0.2) is 5.54 Å². The summed E-state index contributed by atoms with van der Waals surface area (Å²) in [4.78, 5) is 36.0. The molecule has 24 heavy (non-hydrogen) atoms. The van der Waals surface area contributed by atoms with Gasteiger partial charge in [0.2, 0.25) is 0 Å². The number of benzene rings is 1. The molecule has 1 atom stereocenters. The predicted octanol–water partition coefficient (Wildman–Crippen LogP) is 1.38. The quantitative estimate of drug-likeness (QED) is 0.834. The second-order valence-corrected chi connectivity index (χ2v) is 5.26. The fourth-order valence-corrected chi connectivity index (χ4v) is 2.47. The Kier molecular flexibility index (Phi) is 5.13. The normalized spacial score (nSPS) is 13.1. The average molecular weight is 329 g/mol. The van der Waals surface area contributed by atoms with E-state index >= 15 is 0 Å². The van der Waals surface area contributed by atoms with Crippen LogP contribution in [-0.2, 0) is 16.9 Å². The van der Waals surface area contributed by atoms with Gasteiger partial charge in [-0.2, -0.15) is 5.10 Å². The topological polar surface area (TPSA) is 101 Å². The van der Waals surface area contributed by atoms with Crippen molar-refractivity contribution in [2.24, 2.45) is 0 Å². The Balaban J connectivity index is 2.42. The van der Waals surface area contributed by atoms with Crippen LogP contribution in [0.1, 0.15) is 36.3 Å². The van der Waals surface area contributed by atoms with E-state index in [-0.39, 0.29) is 17.7 Å². The highest BCUT2D eigenvalue weighted by Crippen LogP contribution is 2.25. The first-order chi connectivity index (χ1) is 11.4. The summed E-state index contributed by atoms with van der Waals surface area (Å²) in [5, 5.41) is 16.3. The van der Waals surface area contributed by atoms with Gasteiger partial charge in [-0.3, -0.25) is 9.59 Å². The third-order valence-electron chi connectivity index (χ3n) is 3.89. The molecule has 7 nitrogen and oxygen atoms in total. The van der Waals surface area contributed by atoms with Crippen LogP contribution in [0, 0.1) is 0 Å². The summed E-state index contributed by atoms with van der Waals surface area (Å²) in [7, 11) is 0. The molecule has 0 aliphatic heterocycles. The summed E-state index contributed by atoms with van der Waals surface area (Å²) in [6.45, 7) is 3.73. The van der Waals surface area contributed by atoms with E-state index in [1.807, 2.05) is 0 Å². The van der Waals surface area contributed by atoms with Crippen LogP contribution in [0.25, 0.3) is 0 Å². The first kappa shape index (κ1) is 17.4. The second kappa shape index (κ2) is 7.08. The lowest BCUT2D eigenvalue weighted by atomic mass is 9.87. The van der Waals surface area contributed by atoms with Gasteiger partial charge in [0, 0.05) is 12.6 Å². The minimum Gasteiger partial charge on any atom is -0.479 e. The van der Waals surface area contributed by atoms with Crippen LogP contribution in [0.3, 0.4) is 0 Å². The van der Waals surface area contributed by atoms with E-state index in [0.29, 0.717) is 12.1 Å². The van der Waals surface area contributed by atoms with Crippen LogP contribution in [0.2, 0.25) is 0 Å². The number of hydrogen-bond acceptors (Lipinski definition) is 4. The zero-order chi connectivity index (χ0) is 17.7. The molecule has 1 unspecified atom stereocenters. The van der Waals surface area contributed by atoms with Crippen LogP contribution >= 0.6 is 0 Å². The largest absolute Gasteiger partial charge is 0.479 e. The van der Waals surface area contributed by atoms with E-state index in [4.69, 9.17) is 0 Å². The fourth-order valence-electron chi connectivity index (χ4n) is 2.47. The number of carboxylic acid groups (broad SMARTS) is 1. The molecule has 2 aromatic rings. The number of amides is 1. The number of carbonyl (C=O) groups excluding carboxylic acids is 1. The van der Waals surface area contributed by atoms with Crippen molar-refractivity contribution in [3.05, 3.63) is 64.1 Å². The molecule has 2 rings (SSSR count). The molecule has 1 heterocycles. The Bertz CT molecular complexity index is 801. The highest BCUT2D eigenvalue weighted by molar-refractivity contribution is 5.96. The SMILES string of the molecule is CCn1nc(C(=O)NC(CC)(C(=O)O)c2ccccc2)ccc1=O. The zero-order valence-electron chi connectivity index (χ0n) is 13.5. The maximum absolute atomic E-state index is 12.5. The number of nitrogens with zero attached hydrogens (tertiary/aromatic N) is 2. The minimum atomic E-state index is -1.56. The number of aryl methyl sites for hydroxylation is 1. The molecule has 1 aromatic carbocycles. The summed E-state index contributed by atoms with van der Waals surface area (Å²) >= 11 is 0. The van der Waals surface area contributed by atoms with E-state index in [2.05, 4.69) is 10.4 Å². The fraction of sp³-hybridized carbons (Fsp3) is 0.294. The van der Waals surface area contributed by atoms with Crippen molar-refractivity contribution < 1.29 is 14.7 Å². The summed E-state index contributed by atoms with van der Waals surface area (Å²) in [5.41, 5.74) is -1.42. The molecule has 7 heteroatoms. The zero-order valence-corrected chi connectivity index (χ0v) is 13.5. The van der Waals surface area contributed by atoms with Gasteiger partial charge in [0.1, 0.15) is 5.69 Å². The maximum Gasteiger partial charge on any atom is 0.334 e. The summed E-state index contributed by atoms with van der Waals surface area (Å²) in [6.07, 6.45) is 0.158. The average Bonchev–Trinajstić information content (AvgIpc) is 2.60. The molecule has 2 N–H and O–H groups in total. The second-order valence-electron chi connectivity index (χ2n) is 5.26. The molecule has 0 saturated carbocycles. The van der Waals surface area contributed by atoms with E-state index in [1.54, 1.807) is 44.2 Å². The molecule has 126 valence electrons. The molecule has 0 radical (unpaired) electrons. The minimum absolute atomic E-state index is 0.00791. The Morgan fingerprint density at radius 2 is 1.83 bits per heavy atom. The van der Waals surface area contributed by atoms with Crippen LogP contribution in [0.5, 0.6) is 0 Å². The van der Waals surface area contributed by atoms with Crippen molar-refractivity contribution in [1.82, 2.24) is 15.1 Å². The molecule has 0 saturated heterocycles. The lowest BCUT2D eigenvalue weighted by Crippen LogP contribution is -2.51. The predicted molar refractivity (Wildman–Crippen MR) is 87.7 cm³/mol. The Hall–Kier alpha value is -2.96. The van der Waals surface area contributed by atoms with Crippen LogP contribution in [-0.4, -0.2) is 26.8 Å². The van der Waals surface area contributed by atoms with Gasteiger partial charge in [-0.15, -0.1) is 0 Å². The van der Waals surface area contributed by atoms with E-state index in [0.717, 1.165) is 4.68 Å². The molecule has 0 bridgehead atoms. The molecule has 0 aliphatic rings. The monoisotopic (exact) mass is 329 g/mol. The number of carbonyl (C=O) groups is 2. The highest BCUT2D eigenvalue weighted by Gasteiger charge is 2.40. The molecule has 0 aliphatic carbocycles. The smallest absolute Gasteiger partial charge is 0.334 e. The van der Waals surface area contributed by atoms with Crippen molar-refractivity contribution in [3.8, 4) is 0 Å². The van der Waals surface area contributed by atoms with Gasteiger partial charge in [-0.1, -0.05) is 37.3 Å². The number of aliphatic carboxylic acids is 1. The Labute approximate surface area is 138 Å². The standard InChI is InChI=1S/C17H19N3O4/c1-3-17(16(23)24,12-8-6-5-7-9-12)18-15(22)13-10-11-14(21)20(4-2)19-13/h5-11H,3-4H2,1-2H3,(H,18,22)(H,23,24). The molecular weight excluding hydrogens is 310 g/mol. The van der Waals surface area contributed by atoms with Gasteiger partial charge in [-0.05, 0) is 25.0 Å². The molecular formula is C17H19N3O4. The van der Waals surface area contributed by atoms with Gasteiger partial charge in [0.05, 0.1) is 0 Å². The third kappa shape index (κ3) is 3.19. The van der Waals surface area contributed by atoms with Crippen molar-refractivity contribution in [3.63, 3.8) is 0 Å². The van der Waals surface area contributed by atoms with E-state index < -0.39 is 17.4 Å². The van der Waals surface area contributed by atoms with Crippen molar-refractivity contribution in [2.75, 3.05) is 0 Å². The number of carboxylic acids is 1. The van der Waals surface area contributed by atoms with Gasteiger partial charge in [0.25, 0.3) is 11.5 Å². The molecule has 1 amide bonds. The number of aromatic nitrogens is 2. The summed E-state index contributed by atoms with van der Waals surface area (Å²) < 4.78 is 1.14. The van der Waals surface area contributed by atoms with Crippen molar-refractivity contribution in [2.45, 2.75) is 32.4 Å². The Morgan fingerprint density at radius 3 is 2.38 bits per heavy atom. The maximum atomic E-state index is 12.5. The third-order valence-corrected chi connectivity index (χ3v) is 3.89. The molecule has 1 aromatic heterocycles. The van der Waals surface area contributed by atoms with E-state index in [1.165, 1.54) is 12.1 Å². The number of rotatable bonds is 6. The molecule has 0 spiro atoms. The lowest BCUT2D eigenvalue weighted by Gasteiger charge is -2.29. The Morgan fingerprint density at radius 1 is 1.17 bits per heavy atom. The number of hydrogen-bond donors (Lipinski definition) is 2. The van der Waals surface area contributed by atoms with E-state index in [9.17, 15) is 19.5 Å². The van der Waals surface area contributed by atoms with Gasteiger partial charge < -0.3 is 10.4 Å². The van der Waals surface area contributed by atoms with Crippen LogP contribution in [0.15, 0.2) is 47.3 Å². The molecule has 0 fully saturated rings. The summed E-state index contributed by atoms with van der Waals surface area (Å²) in [5.74, 6) is -1.81. The van der Waals surface area contributed by atoms with Crippen molar-refractivity contribution in [1.29, 1.82) is 0 Å². The van der Waals surface area contributed by atoms with Gasteiger partial charge in [-0.25, -0.2) is 9.48 Å².